The Kier molecular flexibility index (Phi) is 4.75. The molecule has 0 unspecified atom stereocenters. The molecule has 0 fully saturated rings. The maximum atomic E-state index is 12.1. The molecule has 2 rings (SSSR count). The molecule has 0 bridgehead atoms. The number of ether oxygens (including phenoxy) is 1. The number of aryl methyl sites for hydroxylation is 1. The van der Waals surface area contributed by atoms with E-state index < -0.39 is 5.60 Å². The van der Waals surface area contributed by atoms with Crippen LogP contribution in [0.3, 0.4) is 0 Å². The number of amides is 1. The van der Waals surface area contributed by atoms with E-state index in [4.69, 9.17) is 4.74 Å². The van der Waals surface area contributed by atoms with Gasteiger partial charge in [-0.25, -0.2) is 4.79 Å². The van der Waals surface area contributed by atoms with E-state index >= 15 is 0 Å². The van der Waals surface area contributed by atoms with Crippen molar-refractivity contribution >= 4 is 32.9 Å². The number of pyridine rings is 1. The average Bonchev–Trinajstić information content (AvgIpc) is 2.37. The van der Waals surface area contributed by atoms with Gasteiger partial charge in [0.15, 0.2) is 0 Å². The molecule has 0 radical (unpaired) electrons. The van der Waals surface area contributed by atoms with Crippen molar-refractivity contribution in [3.05, 3.63) is 40.0 Å². The van der Waals surface area contributed by atoms with Crippen LogP contribution in [0.5, 0.6) is 0 Å². The van der Waals surface area contributed by atoms with Gasteiger partial charge in [0, 0.05) is 29.1 Å². The summed E-state index contributed by atoms with van der Waals surface area (Å²) in [7, 11) is 1.74. The van der Waals surface area contributed by atoms with Gasteiger partial charge in [-0.1, -0.05) is 15.9 Å². The van der Waals surface area contributed by atoms with Gasteiger partial charge < -0.3 is 9.64 Å². The molecule has 0 N–H and O–H groups in total. The molecule has 0 spiro atoms. The number of fused-ring (bicyclic) bond motifs is 1. The molecule has 118 valence electrons. The van der Waals surface area contributed by atoms with Crippen molar-refractivity contribution in [2.75, 3.05) is 7.05 Å². The molecule has 5 heteroatoms. The van der Waals surface area contributed by atoms with Crippen LogP contribution in [0, 0.1) is 6.92 Å². The molecule has 0 aliphatic heterocycles. The van der Waals surface area contributed by atoms with Gasteiger partial charge >= 0.3 is 6.09 Å². The Labute approximate surface area is 139 Å². The Morgan fingerprint density at radius 2 is 2.00 bits per heavy atom. The average molecular weight is 365 g/mol. The second kappa shape index (κ2) is 6.24. The van der Waals surface area contributed by atoms with Crippen LogP contribution < -0.4 is 0 Å². The third kappa shape index (κ3) is 4.19. The fourth-order valence-corrected chi connectivity index (χ4v) is 2.57. The van der Waals surface area contributed by atoms with E-state index in [0.29, 0.717) is 6.54 Å². The Morgan fingerprint density at radius 1 is 1.32 bits per heavy atom. The molecule has 1 aromatic heterocycles. The number of benzene rings is 1. The number of halogens is 1. The Balaban J connectivity index is 2.31. The number of hydrogen-bond acceptors (Lipinski definition) is 3. The smallest absolute Gasteiger partial charge is 0.410 e. The molecule has 1 heterocycles. The van der Waals surface area contributed by atoms with E-state index in [1.807, 2.05) is 52.0 Å². The Morgan fingerprint density at radius 3 is 2.64 bits per heavy atom. The van der Waals surface area contributed by atoms with Crippen molar-refractivity contribution in [2.24, 2.45) is 0 Å². The number of carbonyl (C=O) groups is 1. The fraction of sp³-hybridized carbons (Fsp3) is 0.412. The molecule has 1 aromatic carbocycles. The predicted molar refractivity (Wildman–Crippen MR) is 91.9 cm³/mol. The molecule has 0 atom stereocenters. The van der Waals surface area contributed by atoms with E-state index in [9.17, 15) is 4.79 Å². The highest BCUT2D eigenvalue weighted by Gasteiger charge is 2.20. The van der Waals surface area contributed by atoms with Crippen molar-refractivity contribution in [2.45, 2.75) is 39.8 Å². The van der Waals surface area contributed by atoms with Crippen molar-refractivity contribution in [1.82, 2.24) is 9.88 Å². The molecule has 22 heavy (non-hydrogen) atoms. The normalized spacial score (nSPS) is 11.5. The number of rotatable bonds is 2. The lowest BCUT2D eigenvalue weighted by Crippen LogP contribution is -2.33. The van der Waals surface area contributed by atoms with Gasteiger partial charge in [0.1, 0.15) is 5.60 Å². The lowest BCUT2D eigenvalue weighted by molar-refractivity contribution is 0.0285. The van der Waals surface area contributed by atoms with E-state index in [-0.39, 0.29) is 6.09 Å². The lowest BCUT2D eigenvalue weighted by atomic mass is 10.1. The number of nitrogens with zero attached hydrogens (tertiary/aromatic N) is 2. The molecular weight excluding hydrogens is 344 g/mol. The zero-order valence-corrected chi connectivity index (χ0v) is 15.2. The first-order valence-corrected chi connectivity index (χ1v) is 7.95. The second-order valence-electron chi connectivity index (χ2n) is 6.42. The standard InChI is InChI=1S/C17H21BrN2O2/c1-11-8-12(10-20(5)16(21)22-17(2,3)4)14-9-13(18)6-7-15(14)19-11/h6-9H,10H2,1-5H3. The summed E-state index contributed by atoms with van der Waals surface area (Å²) in [4.78, 5) is 18.2. The zero-order chi connectivity index (χ0) is 16.5. The lowest BCUT2D eigenvalue weighted by Gasteiger charge is -2.25. The van der Waals surface area contributed by atoms with Crippen LogP contribution in [-0.2, 0) is 11.3 Å². The maximum Gasteiger partial charge on any atom is 0.410 e. The first-order valence-electron chi connectivity index (χ1n) is 7.15. The minimum absolute atomic E-state index is 0.329. The summed E-state index contributed by atoms with van der Waals surface area (Å²) in [6, 6.07) is 7.98. The molecule has 0 saturated heterocycles. The van der Waals surface area contributed by atoms with E-state index in [2.05, 4.69) is 20.9 Å². The quantitative estimate of drug-likeness (QED) is 0.777. The molecule has 1 amide bonds. The minimum Gasteiger partial charge on any atom is -0.444 e. The largest absolute Gasteiger partial charge is 0.444 e. The molecular formula is C17H21BrN2O2. The van der Waals surface area contributed by atoms with Crippen molar-refractivity contribution in [3.8, 4) is 0 Å². The van der Waals surface area contributed by atoms with Gasteiger partial charge in [-0.3, -0.25) is 4.98 Å². The summed E-state index contributed by atoms with van der Waals surface area (Å²) in [5.74, 6) is 0. The van der Waals surface area contributed by atoms with Crippen LogP contribution >= 0.6 is 15.9 Å². The summed E-state index contributed by atoms with van der Waals surface area (Å²) in [6.07, 6.45) is -0.329. The molecule has 0 saturated carbocycles. The Bertz CT molecular complexity index is 708. The number of carbonyl (C=O) groups excluding carboxylic acids is 1. The van der Waals surface area contributed by atoms with Crippen LogP contribution in [0.4, 0.5) is 4.79 Å². The SMILES string of the molecule is Cc1cc(CN(C)C(=O)OC(C)(C)C)c2cc(Br)ccc2n1. The third-order valence-electron chi connectivity index (χ3n) is 3.10. The molecule has 0 aliphatic rings. The third-order valence-corrected chi connectivity index (χ3v) is 3.59. The van der Waals surface area contributed by atoms with E-state index in [0.717, 1.165) is 26.6 Å². The van der Waals surface area contributed by atoms with Gasteiger partial charge in [-0.15, -0.1) is 0 Å². The number of aromatic nitrogens is 1. The predicted octanol–water partition coefficient (Wildman–Crippen LogP) is 4.67. The van der Waals surface area contributed by atoms with Crippen molar-refractivity contribution < 1.29 is 9.53 Å². The highest BCUT2D eigenvalue weighted by atomic mass is 79.9. The highest BCUT2D eigenvalue weighted by molar-refractivity contribution is 9.10. The van der Waals surface area contributed by atoms with E-state index in [1.54, 1.807) is 11.9 Å². The van der Waals surface area contributed by atoms with Crippen LogP contribution in [0.2, 0.25) is 0 Å². The summed E-state index contributed by atoms with van der Waals surface area (Å²) in [5.41, 5.74) is 2.42. The zero-order valence-electron chi connectivity index (χ0n) is 13.6. The van der Waals surface area contributed by atoms with Crippen LogP contribution in [0.1, 0.15) is 32.0 Å². The maximum absolute atomic E-state index is 12.1. The topological polar surface area (TPSA) is 42.4 Å². The first-order chi connectivity index (χ1) is 10.2. The van der Waals surface area contributed by atoms with Crippen molar-refractivity contribution in [3.63, 3.8) is 0 Å². The minimum atomic E-state index is -0.495. The highest BCUT2D eigenvalue weighted by Crippen LogP contribution is 2.24. The molecule has 0 aliphatic carbocycles. The fourth-order valence-electron chi connectivity index (χ4n) is 2.21. The van der Waals surface area contributed by atoms with Gasteiger partial charge in [-0.05, 0) is 57.5 Å². The second-order valence-corrected chi connectivity index (χ2v) is 7.34. The van der Waals surface area contributed by atoms with Crippen molar-refractivity contribution in [1.29, 1.82) is 0 Å². The summed E-state index contributed by atoms with van der Waals surface area (Å²) in [5, 5.41) is 1.04. The van der Waals surface area contributed by atoms with Gasteiger partial charge in [0.25, 0.3) is 0 Å². The monoisotopic (exact) mass is 364 g/mol. The number of hydrogen-bond donors (Lipinski definition) is 0. The summed E-state index contributed by atoms with van der Waals surface area (Å²) in [6.45, 7) is 8.02. The van der Waals surface area contributed by atoms with Crippen LogP contribution in [0.15, 0.2) is 28.7 Å². The Hall–Kier alpha value is -1.62. The van der Waals surface area contributed by atoms with Gasteiger partial charge in [0.05, 0.1) is 5.52 Å². The molecule has 4 nitrogen and oxygen atoms in total. The molecule has 2 aromatic rings. The van der Waals surface area contributed by atoms with Gasteiger partial charge in [0.2, 0.25) is 0 Å². The summed E-state index contributed by atoms with van der Waals surface area (Å²) >= 11 is 3.49. The van der Waals surface area contributed by atoms with Crippen LogP contribution in [0.25, 0.3) is 10.9 Å². The first kappa shape index (κ1) is 16.7. The van der Waals surface area contributed by atoms with Crippen LogP contribution in [-0.4, -0.2) is 28.6 Å². The van der Waals surface area contributed by atoms with E-state index in [1.165, 1.54) is 0 Å². The summed E-state index contributed by atoms with van der Waals surface area (Å²) < 4.78 is 6.39. The van der Waals surface area contributed by atoms with Gasteiger partial charge in [-0.2, -0.15) is 0 Å².